The van der Waals surface area contributed by atoms with Crippen molar-refractivity contribution in [2.45, 2.75) is 52.1 Å². The summed E-state index contributed by atoms with van der Waals surface area (Å²) < 4.78 is 11.0. The highest BCUT2D eigenvalue weighted by molar-refractivity contribution is 5.68. The molecule has 7 heteroatoms. The topological polar surface area (TPSA) is 80.5 Å². The summed E-state index contributed by atoms with van der Waals surface area (Å²) in [6.45, 7) is 9.83. The van der Waals surface area contributed by atoms with Crippen LogP contribution < -0.4 is 5.32 Å². The highest BCUT2D eigenvalue weighted by atomic mass is 16.6. The third kappa shape index (κ3) is 4.99. The standard InChI is InChI=1S/C20H28N4O3/c1-5-21-18-23-22-17(26-18)16-8-6-14(7-9-16)15-10-12-24(13-11-15)19(25)27-20(2,3)4/h6-9,15H,5,10-13H2,1-4H3,(H,21,23). The van der Waals surface area contributed by atoms with E-state index >= 15 is 0 Å². The molecule has 0 spiro atoms. The van der Waals surface area contributed by atoms with Crippen LogP contribution in [0.5, 0.6) is 0 Å². The average molecular weight is 372 g/mol. The highest BCUT2D eigenvalue weighted by Crippen LogP contribution is 2.30. The molecule has 0 atom stereocenters. The van der Waals surface area contributed by atoms with Crippen molar-refractivity contribution in [2.24, 2.45) is 0 Å². The summed E-state index contributed by atoms with van der Waals surface area (Å²) >= 11 is 0. The molecule has 1 amide bonds. The number of aromatic nitrogens is 2. The molecule has 7 nitrogen and oxygen atoms in total. The monoisotopic (exact) mass is 372 g/mol. The van der Waals surface area contributed by atoms with E-state index in [1.54, 1.807) is 4.90 Å². The average Bonchev–Trinajstić information content (AvgIpc) is 3.10. The molecule has 0 saturated carbocycles. The van der Waals surface area contributed by atoms with Crippen LogP contribution in [0.15, 0.2) is 28.7 Å². The van der Waals surface area contributed by atoms with Gasteiger partial charge in [-0.2, -0.15) is 0 Å². The zero-order chi connectivity index (χ0) is 19.4. The number of likely N-dealkylation sites (tertiary alicyclic amines) is 1. The molecule has 1 aromatic carbocycles. The Labute approximate surface area is 160 Å². The molecule has 146 valence electrons. The fourth-order valence-electron chi connectivity index (χ4n) is 3.18. The van der Waals surface area contributed by atoms with Crippen molar-refractivity contribution in [3.63, 3.8) is 0 Å². The Balaban J connectivity index is 1.58. The number of anilines is 1. The van der Waals surface area contributed by atoms with Gasteiger partial charge in [-0.15, -0.1) is 5.10 Å². The van der Waals surface area contributed by atoms with E-state index < -0.39 is 5.60 Å². The first-order valence-corrected chi connectivity index (χ1v) is 9.51. The van der Waals surface area contributed by atoms with Crippen molar-refractivity contribution in [3.8, 4) is 11.5 Å². The van der Waals surface area contributed by atoms with Crippen LogP contribution in [0.1, 0.15) is 52.0 Å². The Morgan fingerprint density at radius 2 is 1.89 bits per heavy atom. The Hall–Kier alpha value is -2.57. The molecular weight excluding hydrogens is 344 g/mol. The lowest BCUT2D eigenvalue weighted by Crippen LogP contribution is -2.41. The van der Waals surface area contributed by atoms with Crippen molar-refractivity contribution in [3.05, 3.63) is 29.8 Å². The van der Waals surface area contributed by atoms with Crippen LogP contribution in [-0.2, 0) is 4.74 Å². The predicted molar refractivity (Wildman–Crippen MR) is 104 cm³/mol. The van der Waals surface area contributed by atoms with Gasteiger partial charge in [0.05, 0.1) is 0 Å². The quantitative estimate of drug-likeness (QED) is 0.863. The second-order valence-electron chi connectivity index (χ2n) is 7.81. The second-order valence-corrected chi connectivity index (χ2v) is 7.81. The van der Waals surface area contributed by atoms with E-state index in [9.17, 15) is 4.79 Å². The van der Waals surface area contributed by atoms with E-state index in [1.807, 2.05) is 39.8 Å². The number of hydrogen-bond donors (Lipinski definition) is 1. The summed E-state index contributed by atoms with van der Waals surface area (Å²) in [5.74, 6) is 0.954. The Bertz CT molecular complexity index is 756. The van der Waals surface area contributed by atoms with E-state index in [4.69, 9.17) is 9.15 Å². The third-order valence-electron chi connectivity index (χ3n) is 4.53. The molecule has 3 rings (SSSR count). The number of benzene rings is 1. The Morgan fingerprint density at radius 1 is 1.22 bits per heavy atom. The molecule has 1 fully saturated rings. The normalized spacial score (nSPS) is 15.6. The fraction of sp³-hybridized carbons (Fsp3) is 0.550. The van der Waals surface area contributed by atoms with Gasteiger partial charge in [0.1, 0.15) is 5.60 Å². The fourth-order valence-corrected chi connectivity index (χ4v) is 3.18. The summed E-state index contributed by atoms with van der Waals surface area (Å²) in [6, 6.07) is 8.68. The number of amides is 1. The molecule has 1 aliphatic heterocycles. The van der Waals surface area contributed by atoms with E-state index in [-0.39, 0.29) is 6.09 Å². The van der Waals surface area contributed by atoms with Gasteiger partial charge in [-0.05, 0) is 64.2 Å². The van der Waals surface area contributed by atoms with E-state index in [1.165, 1.54) is 5.56 Å². The zero-order valence-electron chi connectivity index (χ0n) is 16.5. The Morgan fingerprint density at radius 3 is 2.48 bits per heavy atom. The maximum absolute atomic E-state index is 12.2. The first-order chi connectivity index (χ1) is 12.9. The number of nitrogens with one attached hydrogen (secondary N) is 1. The van der Waals surface area contributed by atoms with Gasteiger partial charge in [0.2, 0.25) is 5.89 Å². The van der Waals surface area contributed by atoms with Crippen LogP contribution in [0.4, 0.5) is 10.8 Å². The van der Waals surface area contributed by atoms with Gasteiger partial charge in [-0.25, -0.2) is 4.79 Å². The number of piperidine rings is 1. The smallest absolute Gasteiger partial charge is 0.410 e. The lowest BCUT2D eigenvalue weighted by atomic mass is 9.89. The molecule has 0 aliphatic carbocycles. The van der Waals surface area contributed by atoms with Gasteiger partial charge in [-0.3, -0.25) is 0 Å². The van der Waals surface area contributed by atoms with Crippen LogP contribution in [0.25, 0.3) is 11.5 Å². The first kappa shape index (κ1) is 19.2. The maximum Gasteiger partial charge on any atom is 0.410 e. The molecule has 0 radical (unpaired) electrons. The summed E-state index contributed by atoms with van der Waals surface area (Å²) in [5, 5.41) is 11.0. The number of hydrogen-bond acceptors (Lipinski definition) is 6. The van der Waals surface area contributed by atoms with Gasteiger partial charge in [-0.1, -0.05) is 17.2 Å². The minimum absolute atomic E-state index is 0.218. The lowest BCUT2D eigenvalue weighted by Gasteiger charge is -2.33. The molecule has 0 bridgehead atoms. The van der Waals surface area contributed by atoms with Crippen molar-refractivity contribution in [2.75, 3.05) is 25.0 Å². The van der Waals surface area contributed by atoms with Gasteiger partial charge >= 0.3 is 12.1 Å². The van der Waals surface area contributed by atoms with Crippen molar-refractivity contribution in [1.82, 2.24) is 15.1 Å². The van der Waals surface area contributed by atoms with E-state index in [0.717, 1.165) is 38.0 Å². The molecular formula is C20H28N4O3. The molecule has 0 unspecified atom stereocenters. The van der Waals surface area contributed by atoms with E-state index in [0.29, 0.717) is 17.8 Å². The van der Waals surface area contributed by atoms with Crippen LogP contribution in [0, 0.1) is 0 Å². The maximum atomic E-state index is 12.2. The van der Waals surface area contributed by atoms with E-state index in [2.05, 4.69) is 27.6 Å². The molecule has 1 N–H and O–H groups in total. The molecule has 1 aromatic heterocycles. The predicted octanol–water partition coefficient (Wildman–Crippen LogP) is 4.28. The SMILES string of the molecule is CCNc1nnc(-c2ccc(C3CCN(C(=O)OC(C)(C)C)CC3)cc2)o1. The summed E-state index contributed by atoms with van der Waals surface area (Å²) in [7, 11) is 0. The summed E-state index contributed by atoms with van der Waals surface area (Å²) in [6.07, 6.45) is 1.65. The van der Waals surface area contributed by atoms with Crippen molar-refractivity contribution < 1.29 is 13.9 Å². The van der Waals surface area contributed by atoms with Gasteiger partial charge in [0, 0.05) is 25.2 Å². The van der Waals surface area contributed by atoms with Gasteiger partial charge < -0.3 is 19.4 Å². The van der Waals surface area contributed by atoms with Crippen LogP contribution in [0.3, 0.4) is 0 Å². The number of carbonyl (C=O) groups excluding carboxylic acids is 1. The summed E-state index contributed by atoms with van der Waals surface area (Å²) in [5.41, 5.74) is 1.72. The molecule has 1 saturated heterocycles. The Kier molecular flexibility index (Phi) is 5.68. The molecule has 1 aliphatic rings. The van der Waals surface area contributed by atoms with Crippen LogP contribution in [0.2, 0.25) is 0 Å². The minimum atomic E-state index is -0.453. The lowest BCUT2D eigenvalue weighted by molar-refractivity contribution is 0.0205. The van der Waals surface area contributed by atoms with Gasteiger partial charge in [0.25, 0.3) is 0 Å². The zero-order valence-corrected chi connectivity index (χ0v) is 16.5. The van der Waals surface area contributed by atoms with Crippen LogP contribution >= 0.6 is 0 Å². The third-order valence-corrected chi connectivity index (χ3v) is 4.53. The number of ether oxygens (including phenoxy) is 1. The second kappa shape index (κ2) is 7.98. The number of rotatable bonds is 4. The number of nitrogens with zero attached hydrogens (tertiary/aromatic N) is 3. The molecule has 2 aromatic rings. The highest BCUT2D eigenvalue weighted by Gasteiger charge is 2.27. The molecule has 2 heterocycles. The minimum Gasteiger partial charge on any atom is -0.444 e. The largest absolute Gasteiger partial charge is 0.444 e. The van der Waals surface area contributed by atoms with Gasteiger partial charge in [0.15, 0.2) is 0 Å². The van der Waals surface area contributed by atoms with Crippen molar-refractivity contribution >= 4 is 12.1 Å². The van der Waals surface area contributed by atoms with Crippen molar-refractivity contribution in [1.29, 1.82) is 0 Å². The number of carbonyl (C=O) groups is 1. The molecule has 27 heavy (non-hydrogen) atoms. The first-order valence-electron chi connectivity index (χ1n) is 9.51. The van der Waals surface area contributed by atoms with Crippen LogP contribution in [-0.4, -0.2) is 46.4 Å². The summed E-state index contributed by atoms with van der Waals surface area (Å²) in [4.78, 5) is 14.0.